The Kier molecular flexibility index (Phi) is 105. The van der Waals surface area contributed by atoms with Crippen molar-refractivity contribution in [3.05, 3.63) is 26.4 Å². The van der Waals surface area contributed by atoms with Crippen LogP contribution in [0.4, 0.5) is 28.8 Å². The Balaban J connectivity index is -0.000000167. The third kappa shape index (κ3) is 123. The summed E-state index contributed by atoms with van der Waals surface area (Å²) >= 11 is 0. The fourth-order valence-electron chi connectivity index (χ4n) is 12.4. The van der Waals surface area contributed by atoms with E-state index in [1.54, 1.807) is 0 Å². The number of nitrogens with one attached hydrogen (secondary N) is 6. The molecule has 1 saturated carbocycles. The van der Waals surface area contributed by atoms with Gasteiger partial charge < -0.3 is 97.8 Å². The van der Waals surface area contributed by atoms with E-state index < -0.39 is 33.6 Å². The number of alkyl carbamates (subject to hydrolysis) is 6. The second-order valence-corrected chi connectivity index (χ2v) is 40.0. The molecule has 0 bridgehead atoms. The molecule has 0 aromatic carbocycles. The zero-order chi connectivity index (χ0) is 99.5. The van der Waals surface area contributed by atoms with Crippen LogP contribution in [0.25, 0.3) is 26.4 Å². The number of nitrogens with two attached hydrogens (primary N) is 2. The number of azide groups is 1. The Morgan fingerprint density at radius 2 is 0.580 bits per heavy atom. The molecule has 0 saturated heterocycles. The number of carbonyl (C=O) groups excluding carboxylic acids is 6. The minimum Gasteiger partial charge on any atom is -0.444 e. The van der Waals surface area contributed by atoms with Crippen molar-refractivity contribution in [3.8, 4) is 0 Å². The minimum atomic E-state index is -0.450. The molecule has 1 aliphatic carbocycles. The maximum atomic E-state index is 11.8. The number of amides is 6. The molecule has 131 heavy (non-hydrogen) atoms. The largest absolute Gasteiger partial charge is 1.00 e. The second kappa shape index (κ2) is 94.0. The van der Waals surface area contributed by atoms with Crippen molar-refractivity contribution in [2.75, 3.05) is 124 Å². The van der Waals surface area contributed by atoms with Crippen LogP contribution in [0.3, 0.4) is 0 Å². The van der Waals surface area contributed by atoms with Crippen LogP contribution in [0, 0.1) is 17.8 Å². The molecule has 11 N–H and O–H groups in total. The van der Waals surface area contributed by atoms with Gasteiger partial charge in [0.25, 0.3) is 0 Å². The van der Waals surface area contributed by atoms with Gasteiger partial charge in [-0.05, 0) is 316 Å². The van der Waals surface area contributed by atoms with Gasteiger partial charge in [-0.3, -0.25) is 14.7 Å². The molecule has 1 aliphatic rings. The summed E-state index contributed by atoms with van der Waals surface area (Å²) in [6.07, 6.45) is 32.1. The summed E-state index contributed by atoms with van der Waals surface area (Å²) in [6, 6.07) is 1.29. The number of carbonyl (C=O) groups is 6. The van der Waals surface area contributed by atoms with Gasteiger partial charge in [-0.15, -0.1) is 0 Å². The van der Waals surface area contributed by atoms with Crippen LogP contribution >= 0.6 is 0 Å². The fraction of sp³-hybridized carbons (Fsp3) is 0.939. The number of nitrogens with zero attached hydrogens (tertiary/aromatic N) is 10. The van der Waals surface area contributed by atoms with E-state index in [9.17, 15) is 28.8 Å². The molecule has 6 amide bonds. The van der Waals surface area contributed by atoms with Gasteiger partial charge in [0, 0.05) is 95.1 Å². The van der Waals surface area contributed by atoms with E-state index in [0.717, 1.165) is 95.8 Å². The molecule has 6 unspecified atom stereocenters. The number of unbranched alkanes of at least 4 members (excludes halogenated alkanes) is 6. The van der Waals surface area contributed by atoms with Crippen molar-refractivity contribution in [3.63, 3.8) is 0 Å². The molecule has 0 spiro atoms. The van der Waals surface area contributed by atoms with E-state index in [4.69, 9.17) is 61.6 Å². The van der Waals surface area contributed by atoms with E-state index in [0.29, 0.717) is 76.3 Å². The van der Waals surface area contributed by atoms with Crippen LogP contribution in [-0.2, 0) is 28.4 Å². The molecule has 32 heteroatoms. The molecule has 1 rings (SSSR count). The third-order valence-corrected chi connectivity index (χ3v) is 18.6. The van der Waals surface area contributed by atoms with Gasteiger partial charge in [0.15, 0.2) is 0 Å². The van der Waals surface area contributed by atoms with Crippen molar-refractivity contribution in [1.29, 1.82) is 0 Å². The van der Waals surface area contributed by atoms with Gasteiger partial charge in [-0.2, -0.15) is 0 Å². The Bertz CT molecular complexity index is 2480. The first kappa shape index (κ1) is 146. The van der Waals surface area contributed by atoms with Crippen LogP contribution in [0.2, 0.25) is 0 Å². The predicted molar refractivity (Wildman–Crippen MR) is 548 cm³/mol. The normalized spacial score (nSPS) is 12.8. The van der Waals surface area contributed by atoms with E-state index in [1.807, 2.05) is 132 Å². The predicted octanol–water partition coefficient (Wildman–Crippen LogP) is 21.5. The maximum Gasteiger partial charge on any atom is 1.00 e. The fourth-order valence-corrected chi connectivity index (χ4v) is 12.4. The molecule has 0 aromatic rings. The van der Waals surface area contributed by atoms with Crippen molar-refractivity contribution in [2.24, 2.45) is 34.3 Å². The van der Waals surface area contributed by atoms with Crippen molar-refractivity contribution >= 4 is 36.6 Å². The molecule has 0 heterocycles. The number of hydrogen-bond donors (Lipinski definition) is 9. The molecule has 0 radical (unpaired) electrons. The maximum absolute atomic E-state index is 11.8. The number of aliphatic hydroxyl groups excluding tert-OH is 1. The summed E-state index contributed by atoms with van der Waals surface area (Å²) in [7, 11) is 0. The van der Waals surface area contributed by atoms with Gasteiger partial charge >= 0.3 is 66.1 Å². The summed E-state index contributed by atoms with van der Waals surface area (Å²) in [5.41, 5.74) is 30.1. The molecule has 0 aliphatic heterocycles. The molecule has 778 valence electrons. The first-order chi connectivity index (χ1) is 59.8. The molecule has 6 atom stereocenters. The van der Waals surface area contributed by atoms with E-state index in [-0.39, 0.29) is 93.6 Å². The average molecular weight is 1890 g/mol. The molecular formula is C99H213N18NaO13. The Hall–Kier alpha value is -5.04. The first-order valence-corrected chi connectivity index (χ1v) is 49.6. The molecule has 0 aromatic heterocycles. The zero-order valence-corrected chi connectivity index (χ0v) is 91.1. The topological polar surface area (TPSA) is 423 Å². The Morgan fingerprint density at radius 3 is 0.771 bits per heavy atom. The van der Waals surface area contributed by atoms with Gasteiger partial charge in [-0.1, -0.05) is 180 Å². The molecule has 31 nitrogen and oxygen atoms in total. The standard InChI is InChI=1S/2C23H49N3O2.C13H27NO2.C12H24N4O2.C12H25NO3.C11H25N3O2.C3H6.2CH4.N3.Na/c2*1-8-16-25(17-9-2)20-21(26(18-10-3)19-11-4)14-12-13-15-24-22(27)28-23(5,6)7;1-6-11(2)9-7-8-10-14-12(15)16-13(3,4)5;1-10(9-15-16-13)7-5-6-8-14-11(17)18-12(2,3)4;1-10(9-14)7-5-6-8-13-11(15)16-12(2,3)4;1-11(2,3)16-10(15)14-7-5-4-6-9(13)8-12;1-2-3-1;;;1-3-2;/h2*21H,8-20H2,1-7H3,(H,24,27);11H,6-10H2,1-5H3,(H,14,15);10H,5-9H2,1-4H3,(H,14,17);10,14H,5-9H2,1-4H3,(H,13,15);9H,4-8,12-13H2,1-3H3,(H,14,15);1-3H2;2*1H4;;/q;;;;;;;;;-1;+1. The van der Waals surface area contributed by atoms with Crippen LogP contribution < -0.4 is 72.9 Å². The Morgan fingerprint density at radius 1 is 0.366 bits per heavy atom. The van der Waals surface area contributed by atoms with Gasteiger partial charge in [0.2, 0.25) is 0 Å². The summed E-state index contributed by atoms with van der Waals surface area (Å²) in [5, 5.41) is 29.0. The quantitative estimate of drug-likeness (QED) is 0.00682. The molecular weight excluding hydrogens is 1670 g/mol. The summed E-state index contributed by atoms with van der Waals surface area (Å²) in [5.74, 6) is 1.53. The van der Waals surface area contributed by atoms with Gasteiger partial charge in [-0.25, -0.2) is 28.8 Å². The summed E-state index contributed by atoms with van der Waals surface area (Å²) < 4.78 is 31.1. The van der Waals surface area contributed by atoms with Crippen molar-refractivity contribution in [1.82, 2.24) is 51.5 Å². The van der Waals surface area contributed by atoms with E-state index in [1.165, 1.54) is 173 Å². The van der Waals surface area contributed by atoms with Crippen molar-refractivity contribution in [2.45, 2.75) is 467 Å². The zero-order valence-electron chi connectivity index (χ0n) is 89.1. The smallest absolute Gasteiger partial charge is 0.444 e. The summed E-state index contributed by atoms with van der Waals surface area (Å²) in [4.78, 5) is 83.5. The number of hydrogen-bond acceptors (Lipinski definition) is 20. The van der Waals surface area contributed by atoms with Crippen LogP contribution in [0.5, 0.6) is 0 Å². The Labute approximate surface area is 826 Å². The van der Waals surface area contributed by atoms with E-state index in [2.05, 4.69) is 138 Å². The van der Waals surface area contributed by atoms with Crippen LogP contribution in [-0.4, -0.2) is 237 Å². The number of rotatable bonds is 57. The monoisotopic (exact) mass is 1890 g/mol. The third-order valence-electron chi connectivity index (χ3n) is 18.6. The minimum absolute atomic E-state index is 0. The second-order valence-electron chi connectivity index (χ2n) is 40.0. The number of aliphatic hydroxyl groups is 1. The van der Waals surface area contributed by atoms with Crippen LogP contribution in [0.15, 0.2) is 5.11 Å². The van der Waals surface area contributed by atoms with Crippen molar-refractivity contribution < 1.29 is 91.9 Å². The van der Waals surface area contributed by atoms with Gasteiger partial charge in [0.1, 0.15) is 33.6 Å². The average Bonchev–Trinajstić information content (AvgIpc) is 1.47. The van der Waals surface area contributed by atoms with Gasteiger partial charge in [0.05, 0.1) is 0 Å². The SMILES string of the molecule is C.C.C1CC1.CC(C)(C)OC(=O)NCCCCC(N)CN.CC(CCCCNC(=O)OC(C)(C)C)CN=[N+]=[N-].CC(CO)CCCCNC(=O)OC(C)(C)C.CCC(C)CCCCNC(=O)OC(C)(C)C.CCCN(CCC)CC(CCCCNC(=O)OC(C)(C)C)N(CCC)CCC.CCCN(CCC)CC(CCCCNC(=O)OC(C)(C)C)N(CCC)CCC.[N-]=[N+]=[N-].[Na+]. The first-order valence-electron chi connectivity index (χ1n) is 49.6. The summed E-state index contributed by atoms with van der Waals surface area (Å²) in [6.45, 7) is 77.4. The molecule has 1 fully saturated rings. The number of ether oxygens (including phenoxy) is 6. The van der Waals surface area contributed by atoms with E-state index >= 15 is 0 Å². The van der Waals surface area contributed by atoms with Crippen LogP contribution in [0.1, 0.15) is 415 Å².